The Morgan fingerprint density at radius 2 is 2.21 bits per heavy atom. The van der Waals surface area contributed by atoms with Gasteiger partial charge in [0, 0.05) is 17.8 Å². The first-order valence-electron chi connectivity index (χ1n) is 7.63. The summed E-state index contributed by atoms with van der Waals surface area (Å²) < 4.78 is 31.5. The summed E-state index contributed by atoms with van der Waals surface area (Å²) in [6, 6.07) is 8.56. The van der Waals surface area contributed by atoms with Crippen molar-refractivity contribution in [2.45, 2.75) is 32.5 Å². The lowest BCUT2D eigenvalue weighted by molar-refractivity contribution is 0.122. The fraction of sp³-hybridized carbons (Fsp3) is 0.375. The number of benzene rings is 1. The molecule has 0 saturated heterocycles. The van der Waals surface area contributed by atoms with Crippen LogP contribution in [0.15, 0.2) is 36.5 Å². The predicted molar refractivity (Wildman–Crippen MR) is 84.2 cm³/mol. The molecule has 0 saturated carbocycles. The lowest BCUT2D eigenvalue weighted by atomic mass is 10.2. The Bertz CT molecular complexity index is 720. The van der Waals surface area contributed by atoms with Gasteiger partial charge >= 0.3 is 6.03 Å². The number of halogens is 2. The highest BCUT2D eigenvalue weighted by Gasteiger charge is 2.26. The number of nitrogens with zero attached hydrogens (tertiary/aromatic N) is 3. The van der Waals surface area contributed by atoms with E-state index in [4.69, 9.17) is 4.74 Å². The lowest BCUT2D eigenvalue weighted by Gasteiger charge is -2.26. The molecule has 1 aliphatic rings. The topological polar surface area (TPSA) is 59.4 Å². The third-order valence-corrected chi connectivity index (χ3v) is 3.79. The maximum absolute atomic E-state index is 12.5. The third kappa shape index (κ3) is 3.64. The molecule has 0 fully saturated rings. The second-order valence-corrected chi connectivity index (χ2v) is 5.64. The summed E-state index contributed by atoms with van der Waals surface area (Å²) in [6.07, 6.45) is -1.08. The number of carbonyl (C=O) groups excluding carboxylic acids is 1. The van der Waals surface area contributed by atoms with E-state index in [1.165, 1.54) is 12.3 Å². The number of hydrogen-bond donors (Lipinski definition) is 1. The van der Waals surface area contributed by atoms with E-state index in [2.05, 4.69) is 10.4 Å². The number of para-hydroxylation sites is 1. The van der Waals surface area contributed by atoms with Gasteiger partial charge in [-0.05, 0) is 13.0 Å². The molecule has 1 atom stereocenters. The Morgan fingerprint density at radius 1 is 1.42 bits per heavy atom. The van der Waals surface area contributed by atoms with E-state index in [9.17, 15) is 13.6 Å². The molecule has 3 rings (SSSR count). The van der Waals surface area contributed by atoms with Gasteiger partial charge in [-0.3, -0.25) is 10.00 Å². The van der Waals surface area contributed by atoms with Gasteiger partial charge in [0.25, 0.3) is 6.43 Å². The molecule has 0 radical (unpaired) electrons. The van der Waals surface area contributed by atoms with Crippen LogP contribution in [0.25, 0.3) is 0 Å². The van der Waals surface area contributed by atoms with Gasteiger partial charge in [-0.2, -0.15) is 5.10 Å². The van der Waals surface area contributed by atoms with Crippen LogP contribution in [0, 0.1) is 0 Å². The number of alkyl halides is 2. The molecule has 0 aliphatic carbocycles. The molecule has 1 unspecified atom stereocenters. The highest BCUT2D eigenvalue weighted by atomic mass is 19.3. The highest BCUT2D eigenvalue weighted by molar-refractivity contribution is 5.88. The molecule has 6 nitrogen and oxygen atoms in total. The van der Waals surface area contributed by atoms with E-state index >= 15 is 0 Å². The lowest BCUT2D eigenvalue weighted by Crippen LogP contribution is -2.42. The van der Waals surface area contributed by atoms with Gasteiger partial charge in [0.1, 0.15) is 18.9 Å². The Kier molecular flexibility index (Phi) is 4.64. The van der Waals surface area contributed by atoms with E-state index in [1.807, 2.05) is 31.2 Å². The molecule has 2 aromatic rings. The van der Waals surface area contributed by atoms with Crippen molar-refractivity contribution in [2.75, 3.05) is 11.9 Å². The largest absolute Gasteiger partial charge is 0.491 e. The Hall–Kier alpha value is -2.64. The highest BCUT2D eigenvalue weighted by Crippen LogP contribution is 2.25. The van der Waals surface area contributed by atoms with Gasteiger partial charge in [-0.15, -0.1) is 0 Å². The van der Waals surface area contributed by atoms with Gasteiger partial charge in [0.05, 0.1) is 12.6 Å². The van der Waals surface area contributed by atoms with Crippen molar-refractivity contribution in [3.05, 3.63) is 42.1 Å². The monoisotopic (exact) mass is 336 g/mol. The minimum Gasteiger partial charge on any atom is -0.491 e. The molecule has 0 spiro atoms. The fourth-order valence-electron chi connectivity index (χ4n) is 2.54. The first kappa shape index (κ1) is 16.2. The molecule has 1 aromatic carbocycles. The summed E-state index contributed by atoms with van der Waals surface area (Å²) in [5.41, 5.74) is 0.917. The average Bonchev–Trinajstić information content (AvgIpc) is 2.88. The van der Waals surface area contributed by atoms with Crippen LogP contribution < -0.4 is 10.1 Å². The first-order chi connectivity index (χ1) is 11.5. The van der Waals surface area contributed by atoms with Crippen LogP contribution in [0.5, 0.6) is 5.75 Å². The molecule has 24 heavy (non-hydrogen) atoms. The molecule has 2 heterocycles. The molecule has 1 aliphatic heterocycles. The van der Waals surface area contributed by atoms with Crippen molar-refractivity contribution in [3.63, 3.8) is 0 Å². The number of anilines is 1. The quantitative estimate of drug-likeness (QED) is 0.937. The Labute approximate surface area is 138 Å². The van der Waals surface area contributed by atoms with E-state index in [-0.39, 0.29) is 17.9 Å². The van der Waals surface area contributed by atoms with Crippen LogP contribution in [0.2, 0.25) is 0 Å². The smallest absolute Gasteiger partial charge is 0.323 e. The van der Waals surface area contributed by atoms with Crippen LogP contribution in [-0.2, 0) is 13.1 Å². The zero-order valence-electron chi connectivity index (χ0n) is 13.2. The average molecular weight is 336 g/mol. The number of amides is 2. The summed E-state index contributed by atoms with van der Waals surface area (Å²) in [6.45, 7) is 2.17. The zero-order valence-corrected chi connectivity index (χ0v) is 13.2. The second-order valence-electron chi connectivity index (χ2n) is 5.64. The van der Waals surface area contributed by atoms with E-state index in [0.29, 0.717) is 13.2 Å². The van der Waals surface area contributed by atoms with Crippen molar-refractivity contribution in [1.29, 1.82) is 0 Å². The first-order valence-corrected chi connectivity index (χ1v) is 7.63. The molecule has 1 N–H and O–H groups in total. The van der Waals surface area contributed by atoms with E-state index < -0.39 is 13.0 Å². The van der Waals surface area contributed by atoms with Crippen LogP contribution in [-0.4, -0.2) is 39.8 Å². The number of urea groups is 1. The normalized spacial score (nSPS) is 17.2. The van der Waals surface area contributed by atoms with E-state index in [0.717, 1.165) is 16.0 Å². The summed E-state index contributed by atoms with van der Waals surface area (Å²) in [4.78, 5) is 14.2. The van der Waals surface area contributed by atoms with Gasteiger partial charge < -0.3 is 9.64 Å². The Morgan fingerprint density at radius 3 is 3.00 bits per heavy atom. The molecule has 128 valence electrons. The number of carbonyl (C=O) groups is 1. The van der Waals surface area contributed by atoms with Crippen molar-refractivity contribution in [2.24, 2.45) is 0 Å². The van der Waals surface area contributed by atoms with Crippen LogP contribution in [0.4, 0.5) is 19.4 Å². The van der Waals surface area contributed by atoms with Crippen LogP contribution in [0.3, 0.4) is 0 Å². The molecular formula is C16H18F2N4O2. The fourth-order valence-corrected chi connectivity index (χ4v) is 2.54. The van der Waals surface area contributed by atoms with Gasteiger partial charge in [0.2, 0.25) is 0 Å². The molecule has 1 aromatic heterocycles. The molecule has 2 amide bonds. The maximum Gasteiger partial charge on any atom is 0.323 e. The number of aromatic nitrogens is 2. The summed E-state index contributed by atoms with van der Waals surface area (Å²) >= 11 is 0. The SMILES string of the molecule is CC1COc2ccccc2CN1C(=O)Nc1ccn(CC(F)F)n1. The van der Waals surface area contributed by atoms with Crippen molar-refractivity contribution >= 4 is 11.8 Å². The van der Waals surface area contributed by atoms with Gasteiger partial charge in [-0.1, -0.05) is 18.2 Å². The standard InChI is InChI=1S/C16H18F2N4O2/c1-11-10-24-13-5-3-2-4-12(13)8-22(11)16(23)19-15-6-7-21(20-15)9-14(17)18/h2-7,11,14H,8-10H2,1H3,(H,19,20,23). The van der Waals surface area contributed by atoms with Crippen molar-refractivity contribution in [1.82, 2.24) is 14.7 Å². The minimum absolute atomic E-state index is 0.138. The van der Waals surface area contributed by atoms with E-state index in [1.54, 1.807) is 4.90 Å². The Balaban J connectivity index is 1.70. The predicted octanol–water partition coefficient (Wildman–Crippen LogP) is 2.96. The molecule has 8 heteroatoms. The van der Waals surface area contributed by atoms with Crippen LogP contribution >= 0.6 is 0 Å². The number of rotatable bonds is 3. The summed E-state index contributed by atoms with van der Waals surface area (Å²) in [5.74, 6) is 1.01. The third-order valence-electron chi connectivity index (χ3n) is 3.79. The molecule has 0 bridgehead atoms. The number of hydrogen-bond acceptors (Lipinski definition) is 3. The maximum atomic E-state index is 12.5. The van der Waals surface area contributed by atoms with Crippen molar-refractivity contribution < 1.29 is 18.3 Å². The zero-order chi connectivity index (χ0) is 17.1. The minimum atomic E-state index is -2.49. The summed E-state index contributed by atoms with van der Waals surface area (Å²) in [5, 5.41) is 6.57. The summed E-state index contributed by atoms with van der Waals surface area (Å²) in [7, 11) is 0. The number of ether oxygens (including phenoxy) is 1. The van der Waals surface area contributed by atoms with Gasteiger partial charge in [-0.25, -0.2) is 13.6 Å². The number of fused-ring (bicyclic) bond motifs is 1. The molecular weight excluding hydrogens is 318 g/mol. The van der Waals surface area contributed by atoms with Gasteiger partial charge in [0.15, 0.2) is 5.82 Å². The number of nitrogens with one attached hydrogen (secondary N) is 1. The van der Waals surface area contributed by atoms with Crippen molar-refractivity contribution in [3.8, 4) is 5.75 Å². The second kappa shape index (κ2) is 6.86. The van der Waals surface area contributed by atoms with Crippen LogP contribution in [0.1, 0.15) is 12.5 Å².